The van der Waals surface area contributed by atoms with Gasteiger partial charge in [-0.1, -0.05) is 144 Å². The number of carbonyl (C=O) groups excluding carboxylic acids is 6. The third-order valence-corrected chi connectivity index (χ3v) is 30.0. The van der Waals surface area contributed by atoms with E-state index in [1.807, 2.05) is 45.0 Å². The molecule has 6 aromatic carbocycles. The number of alkyl halides is 6. The fourth-order valence-corrected chi connectivity index (χ4v) is 24.6. The van der Waals surface area contributed by atoms with Crippen LogP contribution in [-0.4, -0.2) is 197 Å². The molecular weight excluding hydrogens is 1760 g/mol. The lowest BCUT2D eigenvalue weighted by molar-refractivity contribution is -0.237. The summed E-state index contributed by atoms with van der Waals surface area (Å²) in [4.78, 5) is 84.3. The number of hydrogen-bond acceptors (Lipinski definition) is 21. The van der Waals surface area contributed by atoms with Crippen molar-refractivity contribution in [1.82, 2.24) is 14.7 Å². The van der Waals surface area contributed by atoms with Gasteiger partial charge in [-0.25, -0.2) is 36.0 Å². The summed E-state index contributed by atoms with van der Waals surface area (Å²) in [6.45, 7) is 30.3. The summed E-state index contributed by atoms with van der Waals surface area (Å²) in [5.41, 5.74) is -2.50. The highest BCUT2D eigenvalue weighted by Gasteiger charge is 2.66. The fraction of sp³-hybridized carbons (Fsp3) is 0.475. The van der Waals surface area contributed by atoms with Gasteiger partial charge in [-0.05, 0) is 235 Å². The summed E-state index contributed by atoms with van der Waals surface area (Å²) in [5, 5.41) is 2.79. The van der Waals surface area contributed by atoms with Crippen molar-refractivity contribution in [3.8, 4) is 17.2 Å². The second-order valence-corrected chi connectivity index (χ2v) is 44.2. The predicted octanol–water partition coefficient (Wildman–Crippen LogP) is 18.5. The Labute approximate surface area is 765 Å². The highest BCUT2D eigenvalue weighted by atomic mass is 32.2. The lowest BCUT2D eigenvalue weighted by atomic mass is 9.48. The van der Waals surface area contributed by atoms with Gasteiger partial charge in [0.25, 0.3) is 0 Å². The molecule has 0 spiro atoms. The van der Waals surface area contributed by atoms with E-state index in [4.69, 9.17) is 25.4 Å². The molecule has 7 aromatic rings. The highest BCUT2D eigenvalue weighted by molar-refractivity contribution is 7.97. The standard InChI is InChI=1S/C22H23S.2C18H23F3O7S.C18H13S.C12H17NO2.C11H22N2O2/c1-22(2,3)18-14-16-21(17-15-18)23(19-10-6-4-7-11-19)20-12-8-5-9-13-20;2*1-10(2)14(22)28-17-6-11-3-12(7-17)5-16(4-11,9-17)15(23)27-13(18(19,20)21)8-29(24,25)26;1-2-8-14(9-3-1)19-17-12-6-4-10-15(17)16-11-5-7-13-18(16)19;1-5-12(15-11(14)10(2)3)6-8-13(4)9-7-12;1-9(2)11(14)15-10(7-12(3)4)8-13(5)6/h4-17H,1-3H3;2*11-13H,1,3-9H2,2H3,(H,24,25,26);1-13H;1H,2,6-9H2,3-4H3;10H,1,7-8H2,2-6H3/q+1;;;+1;;/p-2. The van der Waals surface area contributed by atoms with Crippen molar-refractivity contribution < 1.29 is 109 Å². The number of fused-ring (bicyclic) bond motifs is 3. The van der Waals surface area contributed by atoms with Gasteiger partial charge in [0.1, 0.15) is 17.3 Å². The summed E-state index contributed by atoms with van der Waals surface area (Å²) in [7, 11) is -0.683. The molecule has 1 aliphatic heterocycles. The number of piperidine rings is 1. The number of ether oxygens (including phenoxy) is 6. The molecule has 8 saturated carbocycles. The van der Waals surface area contributed by atoms with Crippen LogP contribution in [0.3, 0.4) is 0 Å². The van der Waals surface area contributed by atoms with Crippen LogP contribution in [0.15, 0.2) is 227 Å². The van der Waals surface area contributed by atoms with E-state index in [0.29, 0.717) is 49.7 Å². The molecule has 31 heteroatoms. The number of carbonyl (C=O) groups is 6. The lowest BCUT2D eigenvalue weighted by Gasteiger charge is -2.59. The van der Waals surface area contributed by atoms with Crippen LogP contribution >= 0.6 is 10.5 Å². The van der Waals surface area contributed by atoms with Crippen molar-refractivity contribution >= 4 is 97.6 Å². The van der Waals surface area contributed by atoms with E-state index in [9.17, 15) is 81.1 Å². The third kappa shape index (κ3) is 28.3. The fourth-order valence-electron chi connectivity index (χ4n) is 18.9. The first-order valence-corrected chi connectivity index (χ1v) is 48.5. The molecule has 8 aliphatic carbocycles. The van der Waals surface area contributed by atoms with E-state index in [-0.39, 0.29) is 112 Å². The van der Waals surface area contributed by atoms with Crippen molar-refractivity contribution in [1.29, 1.82) is 0 Å². The van der Waals surface area contributed by atoms with Gasteiger partial charge in [0.2, 0.25) is 12.2 Å². The molecule has 130 heavy (non-hydrogen) atoms. The van der Waals surface area contributed by atoms with Crippen LogP contribution in [0, 0.1) is 46.8 Å². The Morgan fingerprint density at radius 1 is 0.500 bits per heavy atom. The molecular formula is C99H119F6N3O18S4. The maximum absolute atomic E-state index is 13.2. The number of thiophene rings is 1. The van der Waals surface area contributed by atoms with Gasteiger partial charge in [-0.3, -0.25) is 9.59 Å². The predicted molar refractivity (Wildman–Crippen MR) is 489 cm³/mol. The third-order valence-electron chi connectivity index (χ3n) is 24.0. The largest absolute Gasteiger partial charge is 0.748 e. The molecule has 6 atom stereocenters. The van der Waals surface area contributed by atoms with Crippen LogP contribution < -0.4 is 0 Å². The number of benzene rings is 6. The van der Waals surface area contributed by atoms with Crippen LogP contribution in [0.2, 0.25) is 0 Å². The van der Waals surface area contributed by atoms with Gasteiger partial charge in [0.05, 0.1) is 53.5 Å². The lowest BCUT2D eigenvalue weighted by Crippen LogP contribution is -2.60. The zero-order valence-corrected chi connectivity index (χ0v) is 79.0. The summed E-state index contributed by atoms with van der Waals surface area (Å²) in [6.07, 6.45) is -4.97. The normalized spacial score (nSPS) is 22.7. The molecule has 2 heterocycles. The minimum absolute atomic E-state index is 0.0134. The van der Waals surface area contributed by atoms with Crippen LogP contribution in [0.1, 0.15) is 144 Å². The molecule has 9 aliphatic rings. The molecule has 704 valence electrons. The number of esters is 6. The maximum Gasteiger partial charge on any atom is 0.426 e. The van der Waals surface area contributed by atoms with Gasteiger partial charge >= 0.3 is 48.2 Å². The topological polar surface area (TPSA) is 282 Å². The van der Waals surface area contributed by atoms with E-state index in [1.54, 1.807) is 13.8 Å². The van der Waals surface area contributed by atoms with Crippen molar-refractivity contribution in [3.05, 3.63) is 218 Å². The number of likely N-dealkylation sites (N-methyl/N-ethyl adjacent to an activating group) is 2. The van der Waals surface area contributed by atoms with Crippen LogP contribution in [0.25, 0.3) is 25.1 Å². The van der Waals surface area contributed by atoms with E-state index < -0.39 is 114 Å². The molecule has 1 saturated heterocycles. The molecule has 9 fully saturated rings. The number of nitrogens with zero attached hydrogens (tertiary/aromatic N) is 3. The molecule has 1 aromatic heterocycles. The Morgan fingerprint density at radius 3 is 1.15 bits per heavy atom. The Balaban J connectivity index is 0.000000179. The van der Waals surface area contributed by atoms with Gasteiger partial charge in [0, 0.05) is 95.4 Å². The Bertz CT molecular complexity index is 5220. The maximum atomic E-state index is 13.2. The summed E-state index contributed by atoms with van der Waals surface area (Å²) in [6, 6.07) is 59.1. The van der Waals surface area contributed by atoms with Crippen molar-refractivity contribution in [2.75, 3.05) is 72.9 Å². The average Bonchev–Trinajstić information content (AvgIpc) is 0.920. The van der Waals surface area contributed by atoms with E-state index in [1.165, 1.54) is 59.2 Å². The number of likely N-dealkylation sites (tertiary alicyclic amines) is 1. The minimum atomic E-state index is -5.27. The van der Waals surface area contributed by atoms with Crippen molar-refractivity contribution in [2.24, 2.45) is 34.5 Å². The molecule has 16 rings (SSSR count). The summed E-state index contributed by atoms with van der Waals surface area (Å²) in [5.74, 6) is -5.54. The summed E-state index contributed by atoms with van der Waals surface area (Å²) >= 11 is 0. The van der Waals surface area contributed by atoms with Crippen LogP contribution in [0.5, 0.6) is 0 Å². The van der Waals surface area contributed by atoms with Crippen molar-refractivity contribution in [3.63, 3.8) is 0 Å². The first-order valence-electron chi connectivity index (χ1n) is 42.9. The number of rotatable bonds is 24. The number of hydrogen-bond donors (Lipinski definition) is 0. The van der Waals surface area contributed by atoms with Gasteiger partial charge in [-0.2, -0.15) is 26.3 Å². The van der Waals surface area contributed by atoms with Gasteiger partial charge < -0.3 is 52.2 Å². The Hall–Kier alpha value is -9.49. The van der Waals surface area contributed by atoms with E-state index in [2.05, 4.69) is 231 Å². The van der Waals surface area contributed by atoms with Crippen LogP contribution in [-0.2, 0) is 93.7 Å². The number of halogens is 6. The molecule has 8 bridgehead atoms. The summed E-state index contributed by atoms with van der Waals surface area (Å²) < 4.78 is 178. The first-order chi connectivity index (χ1) is 60.6. The zero-order chi connectivity index (χ0) is 96.1. The number of terminal acetylenes is 1. The van der Waals surface area contributed by atoms with E-state index >= 15 is 0 Å². The van der Waals surface area contributed by atoms with Gasteiger partial charge in [0.15, 0.2) is 34.6 Å². The van der Waals surface area contributed by atoms with Crippen LogP contribution in [0.4, 0.5) is 26.3 Å². The highest BCUT2D eigenvalue weighted by Crippen LogP contribution is 2.65. The minimum Gasteiger partial charge on any atom is -0.748 e. The average molecular weight is 1880 g/mol. The van der Waals surface area contributed by atoms with Crippen molar-refractivity contribution in [2.45, 2.75) is 206 Å². The molecule has 0 amide bonds. The SMILES string of the molecule is C#CC1(OC(=O)C(=C)C)CCN(C)CC1.C=C(C)C(=O)OC(CN(C)C)CN(C)C.C=C(C)C(=O)OC12CC3CC(C1)CC(C(=O)OC(CS(=O)(=O)[O-])C(F)(F)F)(C3)C2.C=C(C)C(=O)OC12CC3CC(C1)CC(C(=O)OC(CS(=O)(=O)[O-])C(F)(F)F)(C3)C2.CC(C)(C)c1ccc([S+](c2ccccc2)c2ccccc2)cc1.c1ccc(-[s+]2c3ccccc3c3ccccc32)cc1. The molecule has 0 radical (unpaired) electrons. The quantitative estimate of drug-likeness (QED) is 0.0103. The Morgan fingerprint density at radius 2 is 0.831 bits per heavy atom. The Kier molecular flexibility index (Phi) is 34.5. The molecule has 21 nitrogen and oxygen atoms in total. The molecule has 0 N–H and O–H groups in total. The first kappa shape index (κ1) is 104. The second-order valence-electron chi connectivity index (χ2n) is 37.3. The van der Waals surface area contributed by atoms with Gasteiger partial charge in [-0.15, -0.1) is 6.42 Å². The smallest absolute Gasteiger partial charge is 0.426 e. The van der Waals surface area contributed by atoms with E-state index in [0.717, 1.165) is 39.0 Å². The molecule has 6 unspecified atom stereocenters. The monoisotopic (exact) mass is 1880 g/mol. The second kappa shape index (κ2) is 43.0. The zero-order valence-electron chi connectivity index (χ0n) is 75.8.